The molecule has 2 rings (SSSR count). The van der Waals surface area contributed by atoms with E-state index in [2.05, 4.69) is 0 Å². The molecule has 1 aromatic carbocycles. The zero-order chi connectivity index (χ0) is 13.7. The van der Waals surface area contributed by atoms with Gasteiger partial charge in [-0.3, -0.25) is 0 Å². The van der Waals surface area contributed by atoms with Crippen LogP contribution in [-0.4, -0.2) is 19.3 Å². The first kappa shape index (κ1) is 14.4. The van der Waals surface area contributed by atoms with Gasteiger partial charge in [0.2, 0.25) is 0 Å². The minimum absolute atomic E-state index is 0.217. The summed E-state index contributed by atoms with van der Waals surface area (Å²) >= 11 is 0. The Bertz CT molecular complexity index is 411. The van der Waals surface area contributed by atoms with Crippen LogP contribution < -0.4 is 5.73 Å². The highest BCUT2D eigenvalue weighted by Crippen LogP contribution is 2.24. The number of ether oxygens (including phenoxy) is 2. The lowest BCUT2D eigenvalue weighted by Crippen LogP contribution is -2.27. The van der Waals surface area contributed by atoms with Crippen LogP contribution in [-0.2, 0) is 22.6 Å². The number of hydrogen-bond acceptors (Lipinski definition) is 3. The molecule has 2 atom stereocenters. The maximum atomic E-state index is 13.3. The fraction of sp³-hybridized carbons (Fsp3) is 0.600. The Morgan fingerprint density at radius 2 is 2.11 bits per heavy atom. The highest BCUT2D eigenvalue weighted by atomic mass is 19.1. The molecule has 0 radical (unpaired) electrons. The average Bonchev–Trinajstić information content (AvgIpc) is 2.46. The lowest BCUT2D eigenvalue weighted by Gasteiger charge is -2.28. The summed E-state index contributed by atoms with van der Waals surface area (Å²) in [5.41, 5.74) is 7.01. The summed E-state index contributed by atoms with van der Waals surface area (Å²) in [7, 11) is 1.75. The Kier molecular flexibility index (Phi) is 5.31. The van der Waals surface area contributed by atoms with E-state index in [9.17, 15) is 4.39 Å². The molecule has 2 unspecified atom stereocenters. The zero-order valence-electron chi connectivity index (χ0n) is 11.4. The Labute approximate surface area is 113 Å². The van der Waals surface area contributed by atoms with Crippen LogP contribution in [0, 0.1) is 5.82 Å². The summed E-state index contributed by atoms with van der Waals surface area (Å²) in [6.45, 7) is 0.725. The molecule has 0 aromatic heterocycles. The molecule has 1 saturated carbocycles. The summed E-state index contributed by atoms with van der Waals surface area (Å²) in [6.07, 6.45) is 4.83. The predicted molar refractivity (Wildman–Crippen MR) is 72.1 cm³/mol. The van der Waals surface area contributed by atoms with Crippen LogP contribution in [0.15, 0.2) is 18.2 Å². The topological polar surface area (TPSA) is 44.5 Å². The number of nitrogens with two attached hydrogens (primary N) is 1. The van der Waals surface area contributed by atoms with E-state index in [1.165, 1.54) is 6.07 Å². The van der Waals surface area contributed by atoms with Crippen molar-refractivity contribution in [1.82, 2.24) is 0 Å². The molecule has 1 aromatic rings. The molecule has 1 aliphatic carbocycles. The quantitative estimate of drug-likeness (QED) is 0.892. The first-order valence-electron chi connectivity index (χ1n) is 6.84. The molecular weight excluding hydrogens is 245 g/mol. The molecular formula is C15H22FNO2. The molecule has 1 fully saturated rings. The third-order valence-corrected chi connectivity index (χ3v) is 3.73. The van der Waals surface area contributed by atoms with Crippen LogP contribution in [0.25, 0.3) is 0 Å². The van der Waals surface area contributed by atoms with Crippen LogP contribution in [0.5, 0.6) is 0 Å². The van der Waals surface area contributed by atoms with Gasteiger partial charge in [0.25, 0.3) is 0 Å². The van der Waals surface area contributed by atoms with Crippen molar-refractivity contribution in [3.8, 4) is 0 Å². The van der Waals surface area contributed by atoms with E-state index in [-0.39, 0.29) is 18.5 Å². The predicted octanol–water partition coefficient (Wildman–Crippen LogP) is 2.76. The van der Waals surface area contributed by atoms with E-state index in [0.717, 1.165) is 31.2 Å². The van der Waals surface area contributed by atoms with Crippen LogP contribution in [0.2, 0.25) is 0 Å². The van der Waals surface area contributed by atoms with Crippen molar-refractivity contribution >= 4 is 0 Å². The maximum Gasteiger partial charge on any atom is 0.127 e. The van der Waals surface area contributed by atoms with Gasteiger partial charge in [-0.1, -0.05) is 6.07 Å². The van der Waals surface area contributed by atoms with Gasteiger partial charge in [-0.2, -0.15) is 0 Å². The van der Waals surface area contributed by atoms with Crippen LogP contribution in [0.3, 0.4) is 0 Å². The van der Waals surface area contributed by atoms with E-state index in [1.807, 2.05) is 0 Å². The van der Waals surface area contributed by atoms with Crippen LogP contribution in [0.4, 0.5) is 4.39 Å². The standard InChI is InChI=1S/C15H22FNO2/c1-18-13-3-2-4-14(8-13)19-10-11-5-6-15(16)12(7-11)9-17/h5-7,13-14H,2-4,8-10,17H2,1H3. The maximum absolute atomic E-state index is 13.3. The Morgan fingerprint density at radius 3 is 2.84 bits per heavy atom. The summed E-state index contributed by atoms with van der Waals surface area (Å²) < 4.78 is 24.6. The molecule has 0 spiro atoms. The lowest BCUT2D eigenvalue weighted by atomic mass is 9.95. The van der Waals surface area contributed by atoms with Crippen molar-refractivity contribution in [3.63, 3.8) is 0 Å². The molecule has 0 bridgehead atoms. The van der Waals surface area contributed by atoms with Crippen molar-refractivity contribution in [3.05, 3.63) is 35.1 Å². The number of benzene rings is 1. The second-order valence-electron chi connectivity index (χ2n) is 5.09. The van der Waals surface area contributed by atoms with Crippen molar-refractivity contribution in [1.29, 1.82) is 0 Å². The molecule has 0 amide bonds. The number of hydrogen-bond donors (Lipinski definition) is 1. The first-order valence-corrected chi connectivity index (χ1v) is 6.84. The molecule has 0 heterocycles. The molecule has 0 aliphatic heterocycles. The summed E-state index contributed by atoms with van der Waals surface area (Å²) in [6, 6.07) is 5.00. The second-order valence-corrected chi connectivity index (χ2v) is 5.09. The van der Waals surface area contributed by atoms with Crippen molar-refractivity contribution in [2.45, 2.75) is 51.0 Å². The lowest BCUT2D eigenvalue weighted by molar-refractivity contribution is -0.0363. The molecule has 19 heavy (non-hydrogen) atoms. The highest BCUT2D eigenvalue weighted by molar-refractivity contribution is 5.24. The van der Waals surface area contributed by atoms with E-state index in [1.54, 1.807) is 19.2 Å². The minimum Gasteiger partial charge on any atom is -0.381 e. The molecule has 3 nitrogen and oxygen atoms in total. The number of rotatable bonds is 5. The normalized spacial score (nSPS) is 23.5. The second kappa shape index (κ2) is 6.98. The van der Waals surface area contributed by atoms with Gasteiger partial charge >= 0.3 is 0 Å². The van der Waals surface area contributed by atoms with Gasteiger partial charge in [-0.25, -0.2) is 4.39 Å². The van der Waals surface area contributed by atoms with Gasteiger partial charge in [0, 0.05) is 19.2 Å². The smallest absolute Gasteiger partial charge is 0.127 e. The molecule has 1 aliphatic rings. The van der Waals surface area contributed by atoms with Crippen molar-refractivity contribution in [2.75, 3.05) is 7.11 Å². The fourth-order valence-electron chi connectivity index (χ4n) is 2.56. The van der Waals surface area contributed by atoms with Crippen molar-refractivity contribution in [2.24, 2.45) is 5.73 Å². The monoisotopic (exact) mass is 267 g/mol. The van der Waals surface area contributed by atoms with Crippen LogP contribution in [0.1, 0.15) is 36.8 Å². The van der Waals surface area contributed by atoms with Gasteiger partial charge in [-0.15, -0.1) is 0 Å². The summed E-state index contributed by atoms with van der Waals surface area (Å²) in [5.74, 6) is -0.247. The largest absolute Gasteiger partial charge is 0.381 e. The third-order valence-electron chi connectivity index (χ3n) is 3.73. The zero-order valence-corrected chi connectivity index (χ0v) is 11.4. The Hall–Kier alpha value is -0.970. The van der Waals surface area contributed by atoms with Gasteiger partial charge in [0.05, 0.1) is 18.8 Å². The Balaban J connectivity index is 1.88. The molecule has 2 N–H and O–H groups in total. The average molecular weight is 267 g/mol. The van der Waals surface area contributed by atoms with E-state index < -0.39 is 0 Å². The number of methoxy groups -OCH3 is 1. The number of halogens is 1. The fourth-order valence-corrected chi connectivity index (χ4v) is 2.56. The molecule has 4 heteroatoms. The highest BCUT2D eigenvalue weighted by Gasteiger charge is 2.22. The first-order chi connectivity index (χ1) is 9.22. The Morgan fingerprint density at radius 1 is 1.32 bits per heavy atom. The SMILES string of the molecule is COC1CCCC(OCc2ccc(F)c(CN)c2)C1. The molecule has 106 valence electrons. The van der Waals surface area contributed by atoms with Crippen molar-refractivity contribution < 1.29 is 13.9 Å². The van der Waals surface area contributed by atoms with E-state index >= 15 is 0 Å². The van der Waals surface area contributed by atoms with Crippen LogP contribution >= 0.6 is 0 Å². The van der Waals surface area contributed by atoms with E-state index in [0.29, 0.717) is 18.3 Å². The van der Waals surface area contributed by atoms with Gasteiger partial charge in [0.1, 0.15) is 5.82 Å². The summed E-state index contributed by atoms with van der Waals surface area (Å²) in [5, 5.41) is 0. The van der Waals surface area contributed by atoms with Gasteiger partial charge in [-0.05, 0) is 43.4 Å². The molecule has 0 saturated heterocycles. The minimum atomic E-state index is -0.247. The van der Waals surface area contributed by atoms with E-state index in [4.69, 9.17) is 15.2 Å². The van der Waals surface area contributed by atoms with Gasteiger partial charge < -0.3 is 15.2 Å². The third kappa shape index (κ3) is 4.00. The van der Waals surface area contributed by atoms with Gasteiger partial charge in [0.15, 0.2) is 0 Å². The summed E-state index contributed by atoms with van der Waals surface area (Å²) in [4.78, 5) is 0.